The molecule has 1 saturated heterocycles. The van der Waals surface area contributed by atoms with Gasteiger partial charge in [-0.25, -0.2) is 0 Å². The van der Waals surface area contributed by atoms with Gasteiger partial charge in [-0.05, 0) is 79.1 Å². The SMILES string of the molecule is C=C/C=C(\C=C(/C)CO)c1[nH]c2ccc(C3CCNCC3)cc2c1C(C)C. The highest BCUT2D eigenvalue weighted by molar-refractivity contribution is 5.92. The van der Waals surface area contributed by atoms with Crippen molar-refractivity contribution < 1.29 is 5.11 Å². The summed E-state index contributed by atoms with van der Waals surface area (Å²) in [6.07, 6.45) is 8.29. The number of piperidine rings is 1. The molecule has 3 heteroatoms. The van der Waals surface area contributed by atoms with E-state index >= 15 is 0 Å². The van der Waals surface area contributed by atoms with Gasteiger partial charge in [0, 0.05) is 16.6 Å². The van der Waals surface area contributed by atoms with Crippen molar-refractivity contribution >= 4 is 16.5 Å². The van der Waals surface area contributed by atoms with Gasteiger partial charge in [0.2, 0.25) is 0 Å². The molecular weight excluding hydrogens is 332 g/mol. The van der Waals surface area contributed by atoms with Gasteiger partial charge >= 0.3 is 0 Å². The number of hydrogen-bond donors (Lipinski definition) is 3. The van der Waals surface area contributed by atoms with Gasteiger partial charge in [-0.15, -0.1) is 0 Å². The fourth-order valence-electron chi connectivity index (χ4n) is 4.11. The van der Waals surface area contributed by atoms with Crippen LogP contribution in [0.15, 0.2) is 48.6 Å². The Bertz CT molecular complexity index is 864. The molecule has 0 unspecified atom stereocenters. The number of benzene rings is 1. The Balaban J connectivity index is 2.14. The first-order valence-corrected chi connectivity index (χ1v) is 10.0. The fraction of sp³-hybridized carbons (Fsp3) is 0.417. The molecule has 0 amide bonds. The largest absolute Gasteiger partial charge is 0.392 e. The van der Waals surface area contributed by atoms with Gasteiger partial charge in [-0.1, -0.05) is 44.7 Å². The average Bonchev–Trinajstić information content (AvgIpc) is 3.07. The molecule has 3 nitrogen and oxygen atoms in total. The molecular formula is C24H32N2O. The average molecular weight is 365 g/mol. The van der Waals surface area contributed by atoms with Crippen LogP contribution in [0.2, 0.25) is 0 Å². The molecule has 1 fully saturated rings. The van der Waals surface area contributed by atoms with Gasteiger partial charge in [0.15, 0.2) is 0 Å². The van der Waals surface area contributed by atoms with Crippen molar-refractivity contribution in [2.75, 3.05) is 19.7 Å². The predicted molar refractivity (Wildman–Crippen MR) is 116 cm³/mol. The summed E-state index contributed by atoms with van der Waals surface area (Å²) in [5.74, 6) is 1.04. The summed E-state index contributed by atoms with van der Waals surface area (Å²) in [5.41, 5.74) is 7.11. The number of allylic oxidation sites excluding steroid dienone is 4. The molecule has 0 aliphatic carbocycles. The highest BCUT2D eigenvalue weighted by atomic mass is 16.3. The number of H-pyrrole nitrogens is 1. The number of rotatable bonds is 6. The van der Waals surface area contributed by atoms with Gasteiger partial charge in [-0.3, -0.25) is 0 Å². The molecule has 3 N–H and O–H groups in total. The maximum absolute atomic E-state index is 9.46. The molecule has 0 spiro atoms. The second kappa shape index (κ2) is 8.73. The van der Waals surface area contributed by atoms with E-state index in [0.717, 1.165) is 29.9 Å². The summed E-state index contributed by atoms with van der Waals surface area (Å²) in [4.78, 5) is 3.64. The van der Waals surface area contributed by atoms with Crippen molar-refractivity contribution in [2.45, 2.75) is 45.4 Å². The molecule has 1 aliphatic rings. The van der Waals surface area contributed by atoms with Crippen LogP contribution in [-0.2, 0) is 0 Å². The third kappa shape index (κ3) is 4.26. The van der Waals surface area contributed by atoms with Crippen molar-refractivity contribution in [3.8, 4) is 0 Å². The summed E-state index contributed by atoms with van der Waals surface area (Å²) in [6, 6.07) is 6.92. The standard InChI is InChI=1S/C24H32N2O/c1-5-6-20(13-17(4)15-27)24-23(16(2)3)21-14-19(7-8-22(21)26-24)18-9-11-25-12-10-18/h5-8,13-14,16,18,25-27H,1,9-12,15H2,2-4H3/b17-13+,20-6+. The lowest BCUT2D eigenvalue weighted by Gasteiger charge is -2.23. The number of aliphatic hydroxyl groups is 1. The van der Waals surface area contributed by atoms with E-state index in [4.69, 9.17) is 0 Å². The summed E-state index contributed by atoms with van der Waals surface area (Å²) in [5, 5.41) is 14.2. The van der Waals surface area contributed by atoms with Crippen molar-refractivity contribution in [1.29, 1.82) is 0 Å². The maximum atomic E-state index is 9.46. The summed E-state index contributed by atoms with van der Waals surface area (Å²) in [7, 11) is 0. The third-order valence-corrected chi connectivity index (χ3v) is 5.49. The number of aromatic amines is 1. The lowest BCUT2D eigenvalue weighted by Crippen LogP contribution is -2.26. The minimum absolute atomic E-state index is 0.0611. The third-order valence-electron chi connectivity index (χ3n) is 5.49. The zero-order valence-corrected chi connectivity index (χ0v) is 16.8. The van der Waals surface area contributed by atoms with Gasteiger partial charge in [-0.2, -0.15) is 0 Å². The normalized spacial score (nSPS) is 17.1. The van der Waals surface area contributed by atoms with Gasteiger partial charge in [0.05, 0.1) is 6.61 Å². The van der Waals surface area contributed by atoms with Gasteiger partial charge < -0.3 is 15.4 Å². The molecule has 0 saturated carbocycles. The van der Waals surface area contributed by atoms with Crippen LogP contribution in [0.25, 0.3) is 16.5 Å². The van der Waals surface area contributed by atoms with E-state index in [1.807, 2.05) is 25.2 Å². The van der Waals surface area contributed by atoms with Crippen LogP contribution < -0.4 is 5.32 Å². The Morgan fingerprint density at radius 2 is 2.04 bits per heavy atom. The minimum atomic E-state index is 0.0611. The van der Waals surface area contributed by atoms with Crippen LogP contribution in [-0.4, -0.2) is 29.8 Å². The first-order valence-electron chi connectivity index (χ1n) is 10.0. The van der Waals surface area contributed by atoms with Crippen LogP contribution in [0.4, 0.5) is 0 Å². The summed E-state index contributed by atoms with van der Waals surface area (Å²) >= 11 is 0. The van der Waals surface area contributed by atoms with E-state index in [1.54, 1.807) is 0 Å². The number of fused-ring (bicyclic) bond motifs is 1. The molecule has 27 heavy (non-hydrogen) atoms. The highest BCUT2D eigenvalue weighted by Gasteiger charge is 2.20. The van der Waals surface area contributed by atoms with Crippen molar-refractivity contribution in [3.63, 3.8) is 0 Å². The minimum Gasteiger partial charge on any atom is -0.392 e. The molecule has 0 atom stereocenters. The second-order valence-electron chi connectivity index (χ2n) is 7.90. The van der Waals surface area contributed by atoms with Crippen LogP contribution in [0, 0.1) is 0 Å². The van der Waals surface area contributed by atoms with Crippen molar-refractivity contribution in [3.05, 3.63) is 65.4 Å². The lowest BCUT2D eigenvalue weighted by molar-refractivity contribution is 0.331. The smallest absolute Gasteiger partial charge is 0.0642 e. The number of aliphatic hydroxyl groups excluding tert-OH is 1. The first-order chi connectivity index (χ1) is 13.0. The topological polar surface area (TPSA) is 48.0 Å². The van der Waals surface area contributed by atoms with E-state index in [-0.39, 0.29) is 6.61 Å². The van der Waals surface area contributed by atoms with Crippen molar-refractivity contribution in [1.82, 2.24) is 10.3 Å². The van der Waals surface area contributed by atoms with Crippen LogP contribution in [0.5, 0.6) is 0 Å². The molecule has 0 radical (unpaired) electrons. The molecule has 144 valence electrons. The number of nitrogens with one attached hydrogen (secondary N) is 2. The quantitative estimate of drug-likeness (QED) is 0.612. The van der Waals surface area contributed by atoms with E-state index in [0.29, 0.717) is 11.8 Å². The van der Waals surface area contributed by atoms with Gasteiger partial charge in [0.25, 0.3) is 0 Å². The Hall–Kier alpha value is -2.10. The summed E-state index contributed by atoms with van der Waals surface area (Å²) in [6.45, 7) is 12.6. The van der Waals surface area contributed by atoms with E-state index in [9.17, 15) is 5.11 Å². The van der Waals surface area contributed by atoms with Crippen LogP contribution >= 0.6 is 0 Å². The summed E-state index contributed by atoms with van der Waals surface area (Å²) < 4.78 is 0. The molecule has 1 aliphatic heterocycles. The van der Waals surface area contributed by atoms with Crippen LogP contribution in [0.3, 0.4) is 0 Å². The van der Waals surface area contributed by atoms with Gasteiger partial charge in [0.1, 0.15) is 0 Å². The maximum Gasteiger partial charge on any atom is 0.0642 e. The number of hydrogen-bond acceptors (Lipinski definition) is 2. The highest BCUT2D eigenvalue weighted by Crippen LogP contribution is 2.36. The predicted octanol–water partition coefficient (Wildman–Crippen LogP) is 5.27. The first kappa shape index (κ1) is 19.7. The zero-order valence-electron chi connectivity index (χ0n) is 16.8. The number of aromatic nitrogens is 1. The Morgan fingerprint density at radius 1 is 1.30 bits per heavy atom. The van der Waals surface area contributed by atoms with E-state index < -0.39 is 0 Å². The van der Waals surface area contributed by atoms with Crippen LogP contribution in [0.1, 0.15) is 62.3 Å². The molecule has 3 rings (SSSR count). The Labute approximate surface area is 162 Å². The molecule has 1 aromatic heterocycles. The lowest BCUT2D eigenvalue weighted by atomic mass is 9.88. The monoisotopic (exact) mass is 364 g/mol. The zero-order chi connectivity index (χ0) is 19.4. The Morgan fingerprint density at radius 3 is 2.67 bits per heavy atom. The molecule has 0 bridgehead atoms. The molecule has 2 aromatic rings. The molecule has 1 aromatic carbocycles. The Kier molecular flexibility index (Phi) is 6.35. The van der Waals surface area contributed by atoms with Crippen molar-refractivity contribution in [2.24, 2.45) is 0 Å². The van der Waals surface area contributed by atoms with E-state index in [2.05, 4.69) is 48.9 Å². The molecule has 2 heterocycles. The van der Waals surface area contributed by atoms with E-state index in [1.165, 1.54) is 34.9 Å². The fourth-order valence-corrected chi connectivity index (χ4v) is 4.11. The second-order valence-corrected chi connectivity index (χ2v) is 7.90.